The zero-order valence-electron chi connectivity index (χ0n) is 9.26. The van der Waals surface area contributed by atoms with E-state index in [1.807, 2.05) is 5.38 Å². The molecule has 0 amide bonds. The van der Waals surface area contributed by atoms with E-state index in [1.165, 1.54) is 5.56 Å². The summed E-state index contributed by atoms with van der Waals surface area (Å²) in [5.74, 6) is 0.579. The smallest absolute Gasteiger partial charge is 0.315 e. The van der Waals surface area contributed by atoms with Gasteiger partial charge in [0.15, 0.2) is 0 Å². The highest BCUT2D eigenvalue weighted by Gasteiger charge is 2.23. The van der Waals surface area contributed by atoms with Crippen molar-refractivity contribution in [2.24, 2.45) is 0 Å². The first kappa shape index (κ1) is 10.7. The summed E-state index contributed by atoms with van der Waals surface area (Å²) < 4.78 is 11.0. The molecule has 0 saturated carbocycles. The number of aromatic nitrogens is 2. The largest absolute Gasteiger partial charge is 0.405 e. The summed E-state index contributed by atoms with van der Waals surface area (Å²) in [6.45, 7) is 1.49. The highest BCUT2D eigenvalue weighted by molar-refractivity contribution is 7.07. The maximum atomic E-state index is 5.51. The van der Waals surface area contributed by atoms with E-state index in [0.717, 1.165) is 19.4 Å². The van der Waals surface area contributed by atoms with Crippen LogP contribution in [0.15, 0.2) is 21.2 Å². The Morgan fingerprint density at radius 2 is 2.47 bits per heavy atom. The third kappa shape index (κ3) is 2.48. The summed E-state index contributed by atoms with van der Waals surface area (Å²) in [5.41, 5.74) is 1.21. The zero-order valence-corrected chi connectivity index (χ0v) is 10.1. The van der Waals surface area contributed by atoms with Crippen LogP contribution in [-0.2, 0) is 11.3 Å². The van der Waals surface area contributed by atoms with Crippen LogP contribution in [-0.4, -0.2) is 16.8 Å². The molecule has 0 aromatic carbocycles. The molecule has 0 bridgehead atoms. The van der Waals surface area contributed by atoms with Gasteiger partial charge in [0.05, 0.1) is 0 Å². The van der Waals surface area contributed by atoms with E-state index < -0.39 is 0 Å². The molecular weight excluding hydrogens is 238 g/mol. The second-order valence-electron chi connectivity index (χ2n) is 3.93. The highest BCUT2D eigenvalue weighted by atomic mass is 32.1. The molecule has 1 saturated heterocycles. The standard InChI is InChI=1S/C11H13N3O2S/c1-2-9(15-4-1)10-13-14-11(16-10)12-6-8-3-5-17-7-8/h3,5,7,9H,1-2,4,6H2,(H,12,14)/t9-/m1/s1. The molecule has 1 aliphatic rings. The predicted molar refractivity (Wildman–Crippen MR) is 63.9 cm³/mol. The van der Waals surface area contributed by atoms with Gasteiger partial charge < -0.3 is 14.5 Å². The molecule has 90 valence electrons. The second-order valence-corrected chi connectivity index (χ2v) is 4.71. The molecule has 0 aliphatic carbocycles. The van der Waals surface area contributed by atoms with Crippen molar-refractivity contribution >= 4 is 17.4 Å². The van der Waals surface area contributed by atoms with Gasteiger partial charge in [0.2, 0.25) is 5.89 Å². The molecule has 1 fully saturated rings. The lowest BCUT2D eigenvalue weighted by molar-refractivity contribution is 0.0897. The minimum absolute atomic E-state index is 0.0146. The van der Waals surface area contributed by atoms with Gasteiger partial charge in [-0.3, -0.25) is 0 Å². The highest BCUT2D eigenvalue weighted by Crippen LogP contribution is 2.28. The molecule has 0 radical (unpaired) electrons. The van der Waals surface area contributed by atoms with Gasteiger partial charge in [0, 0.05) is 13.2 Å². The Labute approximate surface area is 103 Å². The van der Waals surface area contributed by atoms with Crippen molar-refractivity contribution in [2.75, 3.05) is 11.9 Å². The molecule has 2 aromatic rings. The van der Waals surface area contributed by atoms with Crippen LogP contribution < -0.4 is 5.32 Å². The molecule has 1 aliphatic heterocycles. The summed E-state index contributed by atoms with van der Waals surface area (Å²) in [6.07, 6.45) is 2.01. The van der Waals surface area contributed by atoms with Crippen molar-refractivity contribution in [3.05, 3.63) is 28.3 Å². The molecule has 17 heavy (non-hydrogen) atoms. The van der Waals surface area contributed by atoms with Gasteiger partial charge in [-0.05, 0) is 35.2 Å². The van der Waals surface area contributed by atoms with Gasteiger partial charge in [-0.2, -0.15) is 11.3 Å². The van der Waals surface area contributed by atoms with E-state index in [2.05, 4.69) is 27.0 Å². The molecule has 0 unspecified atom stereocenters. The van der Waals surface area contributed by atoms with Crippen molar-refractivity contribution in [3.8, 4) is 0 Å². The Morgan fingerprint density at radius 3 is 3.24 bits per heavy atom. The van der Waals surface area contributed by atoms with Crippen molar-refractivity contribution in [2.45, 2.75) is 25.5 Å². The van der Waals surface area contributed by atoms with Gasteiger partial charge in [0.25, 0.3) is 0 Å². The van der Waals surface area contributed by atoms with E-state index in [4.69, 9.17) is 9.15 Å². The van der Waals surface area contributed by atoms with Crippen molar-refractivity contribution in [1.29, 1.82) is 0 Å². The van der Waals surface area contributed by atoms with Crippen LogP contribution in [0.2, 0.25) is 0 Å². The van der Waals surface area contributed by atoms with Crippen molar-refractivity contribution in [1.82, 2.24) is 10.2 Å². The van der Waals surface area contributed by atoms with Gasteiger partial charge >= 0.3 is 6.01 Å². The Bertz CT molecular complexity index is 463. The maximum absolute atomic E-state index is 5.51. The van der Waals surface area contributed by atoms with E-state index >= 15 is 0 Å². The zero-order chi connectivity index (χ0) is 11.5. The van der Waals surface area contributed by atoms with Crippen LogP contribution in [0.5, 0.6) is 0 Å². The molecule has 2 aromatic heterocycles. The number of hydrogen-bond acceptors (Lipinski definition) is 6. The molecular formula is C11H13N3O2S. The minimum Gasteiger partial charge on any atom is -0.405 e. The molecule has 1 atom stereocenters. The van der Waals surface area contributed by atoms with Crippen molar-refractivity contribution < 1.29 is 9.15 Å². The van der Waals surface area contributed by atoms with Crippen LogP contribution in [0.3, 0.4) is 0 Å². The van der Waals surface area contributed by atoms with Crippen LogP contribution in [0.25, 0.3) is 0 Å². The maximum Gasteiger partial charge on any atom is 0.315 e. The fraction of sp³-hybridized carbons (Fsp3) is 0.455. The number of nitrogens with one attached hydrogen (secondary N) is 1. The number of rotatable bonds is 4. The number of thiophene rings is 1. The number of hydrogen-bond donors (Lipinski definition) is 1. The molecule has 3 heterocycles. The lowest BCUT2D eigenvalue weighted by Gasteiger charge is -2.02. The lowest BCUT2D eigenvalue weighted by Crippen LogP contribution is -1.97. The van der Waals surface area contributed by atoms with Crippen LogP contribution in [0.4, 0.5) is 6.01 Å². The van der Waals surface area contributed by atoms with Gasteiger partial charge in [-0.1, -0.05) is 5.10 Å². The van der Waals surface area contributed by atoms with Gasteiger partial charge in [-0.25, -0.2) is 0 Å². The van der Waals surface area contributed by atoms with E-state index in [-0.39, 0.29) is 6.10 Å². The summed E-state index contributed by atoms with van der Waals surface area (Å²) in [5, 5.41) is 15.2. The third-order valence-corrected chi connectivity index (χ3v) is 3.40. The third-order valence-electron chi connectivity index (χ3n) is 2.67. The predicted octanol–water partition coefficient (Wildman–Crippen LogP) is 2.59. The summed E-state index contributed by atoms with van der Waals surface area (Å²) in [4.78, 5) is 0. The lowest BCUT2D eigenvalue weighted by atomic mass is 10.2. The monoisotopic (exact) mass is 251 g/mol. The summed E-state index contributed by atoms with van der Waals surface area (Å²) in [6, 6.07) is 2.52. The molecule has 5 nitrogen and oxygen atoms in total. The normalized spacial score (nSPS) is 19.6. The average molecular weight is 251 g/mol. The quantitative estimate of drug-likeness (QED) is 0.905. The first-order valence-corrected chi connectivity index (χ1v) is 6.56. The first-order valence-electron chi connectivity index (χ1n) is 5.62. The van der Waals surface area contributed by atoms with Gasteiger partial charge in [0.1, 0.15) is 6.10 Å². The van der Waals surface area contributed by atoms with Crippen LogP contribution in [0, 0.1) is 0 Å². The number of ether oxygens (including phenoxy) is 1. The van der Waals surface area contributed by atoms with E-state index in [1.54, 1.807) is 11.3 Å². The topological polar surface area (TPSA) is 60.2 Å². The summed E-state index contributed by atoms with van der Waals surface area (Å²) >= 11 is 1.67. The minimum atomic E-state index is -0.0146. The molecule has 6 heteroatoms. The first-order chi connectivity index (χ1) is 8.42. The average Bonchev–Trinajstić information content (AvgIpc) is 3.09. The summed E-state index contributed by atoms with van der Waals surface area (Å²) in [7, 11) is 0. The Morgan fingerprint density at radius 1 is 1.47 bits per heavy atom. The molecule has 0 spiro atoms. The number of anilines is 1. The van der Waals surface area contributed by atoms with Crippen LogP contribution in [0.1, 0.15) is 30.4 Å². The van der Waals surface area contributed by atoms with Crippen LogP contribution >= 0.6 is 11.3 Å². The Kier molecular flexibility index (Phi) is 3.06. The van der Waals surface area contributed by atoms with E-state index in [9.17, 15) is 0 Å². The Balaban J connectivity index is 1.60. The Hall–Kier alpha value is -1.40. The van der Waals surface area contributed by atoms with E-state index in [0.29, 0.717) is 18.5 Å². The fourth-order valence-corrected chi connectivity index (χ4v) is 2.45. The molecule has 3 rings (SSSR count). The van der Waals surface area contributed by atoms with Gasteiger partial charge in [-0.15, -0.1) is 5.10 Å². The second kappa shape index (κ2) is 4.85. The van der Waals surface area contributed by atoms with Crippen molar-refractivity contribution in [3.63, 3.8) is 0 Å². The fourth-order valence-electron chi connectivity index (χ4n) is 1.78. The molecule has 1 N–H and O–H groups in total. The number of nitrogens with zero attached hydrogens (tertiary/aromatic N) is 2. The SMILES string of the molecule is c1cc(CNc2nnc([C@H]3CCCO3)o2)cs1.